The van der Waals surface area contributed by atoms with E-state index in [1.54, 1.807) is 17.1 Å². The maximum atomic E-state index is 13.1. The third-order valence-electron chi connectivity index (χ3n) is 6.04. The highest BCUT2D eigenvalue weighted by atomic mass is 16.2. The van der Waals surface area contributed by atoms with Gasteiger partial charge in [-0.25, -0.2) is 0 Å². The van der Waals surface area contributed by atoms with Crippen molar-refractivity contribution in [3.63, 3.8) is 0 Å². The molecule has 148 valence electrons. The number of carbonyl (C=O) groups is 2. The normalized spacial score (nSPS) is 22.7. The SMILES string of the molecule is Cc1nn(C)cc1C(=O)N1CCC[C@]2(CCC(=O)N(Cc3cccnc3)C2)C1. The molecule has 1 atom stereocenters. The number of hydrogen-bond acceptors (Lipinski definition) is 4. The molecule has 2 aromatic rings. The van der Waals surface area contributed by atoms with E-state index < -0.39 is 0 Å². The maximum absolute atomic E-state index is 13.1. The molecule has 28 heavy (non-hydrogen) atoms. The van der Waals surface area contributed by atoms with Crippen LogP contribution in [-0.4, -0.2) is 56.0 Å². The number of hydrogen-bond donors (Lipinski definition) is 0. The van der Waals surface area contributed by atoms with E-state index in [-0.39, 0.29) is 17.2 Å². The van der Waals surface area contributed by atoms with Crippen LogP contribution in [0.5, 0.6) is 0 Å². The average Bonchev–Trinajstić information content (AvgIpc) is 3.03. The van der Waals surface area contributed by atoms with Crippen LogP contribution < -0.4 is 0 Å². The molecule has 0 bridgehead atoms. The lowest BCUT2D eigenvalue weighted by atomic mass is 9.73. The van der Waals surface area contributed by atoms with Gasteiger partial charge in [0.1, 0.15) is 0 Å². The molecule has 2 aliphatic rings. The van der Waals surface area contributed by atoms with E-state index in [1.165, 1.54) is 0 Å². The third kappa shape index (κ3) is 3.66. The second kappa shape index (κ2) is 7.37. The van der Waals surface area contributed by atoms with E-state index in [2.05, 4.69) is 10.1 Å². The van der Waals surface area contributed by atoms with Crippen molar-refractivity contribution in [2.75, 3.05) is 19.6 Å². The van der Waals surface area contributed by atoms with Gasteiger partial charge < -0.3 is 9.80 Å². The number of pyridine rings is 1. The molecule has 0 unspecified atom stereocenters. The van der Waals surface area contributed by atoms with E-state index in [0.29, 0.717) is 31.6 Å². The average molecular weight is 381 g/mol. The fourth-order valence-electron chi connectivity index (χ4n) is 4.65. The van der Waals surface area contributed by atoms with Gasteiger partial charge in [0.05, 0.1) is 11.3 Å². The van der Waals surface area contributed by atoms with Crippen molar-refractivity contribution in [3.05, 3.63) is 47.5 Å². The zero-order valence-corrected chi connectivity index (χ0v) is 16.6. The number of carbonyl (C=O) groups excluding carboxylic acids is 2. The number of nitrogens with zero attached hydrogens (tertiary/aromatic N) is 5. The molecule has 2 saturated heterocycles. The monoisotopic (exact) mass is 381 g/mol. The number of likely N-dealkylation sites (tertiary alicyclic amines) is 2. The summed E-state index contributed by atoms with van der Waals surface area (Å²) in [5, 5.41) is 4.31. The van der Waals surface area contributed by atoms with Crippen molar-refractivity contribution in [1.82, 2.24) is 24.6 Å². The highest BCUT2D eigenvalue weighted by Crippen LogP contribution is 2.39. The molecule has 0 N–H and O–H groups in total. The van der Waals surface area contributed by atoms with Crippen LogP contribution >= 0.6 is 0 Å². The van der Waals surface area contributed by atoms with Crippen molar-refractivity contribution in [3.8, 4) is 0 Å². The van der Waals surface area contributed by atoms with Crippen molar-refractivity contribution in [2.45, 2.75) is 39.2 Å². The quantitative estimate of drug-likeness (QED) is 0.817. The first-order valence-corrected chi connectivity index (χ1v) is 9.92. The Labute approximate surface area is 165 Å². The van der Waals surface area contributed by atoms with Gasteiger partial charge in [-0.15, -0.1) is 0 Å². The van der Waals surface area contributed by atoms with Crippen LogP contribution in [0, 0.1) is 12.3 Å². The summed E-state index contributed by atoms with van der Waals surface area (Å²) in [6.07, 6.45) is 8.79. The van der Waals surface area contributed by atoms with E-state index in [0.717, 1.165) is 37.1 Å². The molecule has 4 rings (SSSR count). The number of amides is 2. The minimum Gasteiger partial charge on any atom is -0.338 e. The molecule has 2 fully saturated rings. The molecular weight excluding hydrogens is 354 g/mol. The Morgan fingerprint density at radius 2 is 2.14 bits per heavy atom. The molecule has 2 aromatic heterocycles. The second-order valence-corrected chi connectivity index (χ2v) is 8.24. The number of piperidine rings is 2. The largest absolute Gasteiger partial charge is 0.338 e. The van der Waals surface area contributed by atoms with Gasteiger partial charge in [-0.05, 0) is 37.8 Å². The van der Waals surface area contributed by atoms with Gasteiger partial charge in [-0.1, -0.05) is 6.07 Å². The minimum atomic E-state index is -0.0137. The Kier molecular flexibility index (Phi) is 4.91. The van der Waals surface area contributed by atoms with E-state index in [4.69, 9.17) is 0 Å². The van der Waals surface area contributed by atoms with Gasteiger partial charge in [0.2, 0.25) is 5.91 Å². The lowest BCUT2D eigenvalue weighted by Crippen LogP contribution is -2.54. The van der Waals surface area contributed by atoms with Crippen LogP contribution in [0.25, 0.3) is 0 Å². The summed E-state index contributed by atoms with van der Waals surface area (Å²) in [6, 6.07) is 3.90. The van der Waals surface area contributed by atoms with E-state index >= 15 is 0 Å². The predicted octanol–water partition coefficient (Wildman–Crippen LogP) is 2.17. The summed E-state index contributed by atoms with van der Waals surface area (Å²) in [7, 11) is 1.84. The Morgan fingerprint density at radius 1 is 1.29 bits per heavy atom. The van der Waals surface area contributed by atoms with Crippen molar-refractivity contribution < 1.29 is 9.59 Å². The summed E-state index contributed by atoms with van der Waals surface area (Å²) < 4.78 is 1.69. The van der Waals surface area contributed by atoms with Gasteiger partial charge in [0.15, 0.2) is 0 Å². The molecular formula is C21H27N5O2. The molecule has 1 spiro atoms. The predicted molar refractivity (Wildman–Crippen MR) is 104 cm³/mol. The van der Waals surface area contributed by atoms with Crippen LogP contribution in [0.2, 0.25) is 0 Å². The highest BCUT2D eigenvalue weighted by molar-refractivity contribution is 5.95. The third-order valence-corrected chi connectivity index (χ3v) is 6.04. The van der Waals surface area contributed by atoms with Crippen molar-refractivity contribution >= 4 is 11.8 Å². The number of aryl methyl sites for hydroxylation is 2. The van der Waals surface area contributed by atoms with Crippen molar-refractivity contribution in [1.29, 1.82) is 0 Å². The summed E-state index contributed by atoms with van der Waals surface area (Å²) in [4.78, 5) is 33.7. The van der Waals surface area contributed by atoms with Gasteiger partial charge in [0.25, 0.3) is 5.91 Å². The van der Waals surface area contributed by atoms with Crippen molar-refractivity contribution in [2.24, 2.45) is 12.5 Å². The van der Waals surface area contributed by atoms with Crippen LogP contribution in [-0.2, 0) is 18.4 Å². The summed E-state index contributed by atoms with van der Waals surface area (Å²) in [5.41, 5.74) is 2.48. The van der Waals surface area contributed by atoms with E-state index in [9.17, 15) is 9.59 Å². The van der Waals surface area contributed by atoms with Gasteiger partial charge >= 0.3 is 0 Å². The zero-order valence-electron chi connectivity index (χ0n) is 16.6. The van der Waals surface area contributed by atoms with E-state index in [1.807, 2.05) is 42.1 Å². The van der Waals surface area contributed by atoms with Gasteiger partial charge in [0, 0.05) is 63.7 Å². The fraction of sp³-hybridized carbons (Fsp3) is 0.524. The number of rotatable bonds is 3. The Bertz CT molecular complexity index is 878. The topological polar surface area (TPSA) is 71.3 Å². The molecule has 7 heteroatoms. The van der Waals surface area contributed by atoms with Gasteiger partial charge in [-0.3, -0.25) is 19.3 Å². The Morgan fingerprint density at radius 3 is 2.86 bits per heavy atom. The first-order chi connectivity index (χ1) is 13.5. The minimum absolute atomic E-state index is 0.0137. The first kappa shape index (κ1) is 18.7. The maximum Gasteiger partial charge on any atom is 0.257 e. The smallest absolute Gasteiger partial charge is 0.257 e. The molecule has 0 saturated carbocycles. The summed E-state index contributed by atoms with van der Waals surface area (Å²) >= 11 is 0. The molecule has 0 radical (unpaired) electrons. The molecule has 0 aliphatic carbocycles. The second-order valence-electron chi connectivity index (χ2n) is 8.24. The Hall–Kier alpha value is -2.70. The molecule has 2 amide bonds. The summed E-state index contributed by atoms with van der Waals surface area (Å²) in [5.74, 6) is 0.251. The molecule has 7 nitrogen and oxygen atoms in total. The molecule has 2 aliphatic heterocycles. The lowest BCUT2D eigenvalue weighted by Gasteiger charge is -2.48. The van der Waals surface area contributed by atoms with Gasteiger partial charge in [-0.2, -0.15) is 5.10 Å². The zero-order chi connectivity index (χ0) is 19.7. The standard InChI is InChI=1S/C21H27N5O2/c1-16-18(13-24(2)23-16)20(28)25-10-4-7-21(14-25)8-6-19(27)26(15-21)12-17-5-3-9-22-11-17/h3,5,9,11,13H,4,6-8,10,12,14-15H2,1-2H3/t21-/m0/s1. The van der Waals surface area contributed by atoms with Crippen LogP contribution in [0.15, 0.2) is 30.7 Å². The Balaban J connectivity index is 1.50. The fourth-order valence-corrected chi connectivity index (χ4v) is 4.65. The molecule has 4 heterocycles. The van der Waals surface area contributed by atoms with Crippen LogP contribution in [0.4, 0.5) is 0 Å². The number of aromatic nitrogens is 3. The lowest BCUT2D eigenvalue weighted by molar-refractivity contribution is -0.139. The highest BCUT2D eigenvalue weighted by Gasteiger charge is 2.43. The molecule has 0 aromatic carbocycles. The van der Waals surface area contributed by atoms with Crippen LogP contribution in [0.1, 0.15) is 47.3 Å². The van der Waals surface area contributed by atoms with Crippen LogP contribution in [0.3, 0.4) is 0 Å². The first-order valence-electron chi connectivity index (χ1n) is 9.92. The summed E-state index contributed by atoms with van der Waals surface area (Å²) in [6.45, 7) is 4.64.